The van der Waals surface area contributed by atoms with Crippen molar-refractivity contribution in [1.29, 1.82) is 0 Å². The Bertz CT molecular complexity index is 1050. The molecule has 0 saturated carbocycles. The number of aromatic nitrogens is 1. The first-order valence-corrected chi connectivity index (χ1v) is 10.9. The van der Waals surface area contributed by atoms with Crippen LogP contribution in [0.1, 0.15) is 66.5 Å². The quantitative estimate of drug-likeness (QED) is 0.521. The number of hydrogen-bond donors (Lipinski definition) is 1. The van der Waals surface area contributed by atoms with Crippen LogP contribution in [0.2, 0.25) is 0 Å². The second kappa shape index (κ2) is 8.33. The van der Waals surface area contributed by atoms with E-state index in [9.17, 15) is 14.4 Å². The number of amides is 3. The monoisotopic (exact) mass is 423 g/mol. The van der Waals surface area contributed by atoms with Crippen LogP contribution in [0.5, 0.6) is 0 Å². The molecule has 1 N–H and O–H groups in total. The number of nitrogens with one attached hydrogen (secondary N) is 1. The van der Waals surface area contributed by atoms with Gasteiger partial charge in [0.05, 0.1) is 6.54 Å². The summed E-state index contributed by atoms with van der Waals surface area (Å²) in [7, 11) is 0. The molecule has 0 aliphatic carbocycles. The van der Waals surface area contributed by atoms with Crippen LogP contribution < -0.4 is 5.32 Å². The van der Waals surface area contributed by atoms with Gasteiger partial charge in [-0.1, -0.05) is 19.9 Å². The molecule has 1 aromatic carbocycles. The first kappa shape index (κ1) is 22.8. The number of Topliss-reactive ketones (excluding diaryl/α,β-unsaturated/α-hetero) is 1. The molecule has 1 aromatic heterocycles. The van der Waals surface area contributed by atoms with Gasteiger partial charge in [0.2, 0.25) is 0 Å². The number of ketones is 1. The first-order chi connectivity index (χ1) is 14.4. The van der Waals surface area contributed by atoms with Gasteiger partial charge in [0.25, 0.3) is 5.91 Å². The maximum atomic E-state index is 13.1. The van der Waals surface area contributed by atoms with Crippen molar-refractivity contribution in [3.8, 4) is 5.69 Å². The highest BCUT2D eigenvalue weighted by molar-refractivity contribution is 6.11. The van der Waals surface area contributed by atoms with E-state index in [4.69, 9.17) is 0 Å². The molecule has 1 atom stereocenters. The SMILES string of the molecule is Cc1ccc(-n2c(C)cc(C(=O)CN3C(=O)N[C@](C)(CCC(C)C)C3=O)c2C)cc1C. The topological polar surface area (TPSA) is 71.4 Å². The van der Waals surface area contributed by atoms with E-state index in [0.29, 0.717) is 17.9 Å². The van der Waals surface area contributed by atoms with Crippen molar-refractivity contribution in [2.45, 2.75) is 66.8 Å². The number of carbonyl (C=O) groups is 3. The Morgan fingerprint density at radius 1 is 1.06 bits per heavy atom. The molecule has 0 radical (unpaired) electrons. The smallest absolute Gasteiger partial charge is 0.323 e. The summed E-state index contributed by atoms with van der Waals surface area (Å²) in [5.41, 5.74) is 4.71. The van der Waals surface area contributed by atoms with Crippen molar-refractivity contribution >= 4 is 17.7 Å². The van der Waals surface area contributed by atoms with Crippen molar-refractivity contribution in [3.05, 3.63) is 52.3 Å². The second-order valence-electron chi connectivity index (χ2n) is 9.40. The molecule has 6 heteroatoms. The van der Waals surface area contributed by atoms with E-state index in [1.807, 2.05) is 30.5 Å². The Morgan fingerprint density at radius 2 is 1.74 bits per heavy atom. The van der Waals surface area contributed by atoms with Crippen LogP contribution in [0.25, 0.3) is 5.69 Å². The number of rotatable bonds is 7. The summed E-state index contributed by atoms with van der Waals surface area (Å²) in [6.45, 7) is 13.6. The second-order valence-corrected chi connectivity index (χ2v) is 9.40. The van der Waals surface area contributed by atoms with Crippen LogP contribution in [-0.2, 0) is 4.79 Å². The van der Waals surface area contributed by atoms with Gasteiger partial charge in [-0.3, -0.25) is 14.5 Å². The Kier molecular flexibility index (Phi) is 6.12. The molecule has 31 heavy (non-hydrogen) atoms. The summed E-state index contributed by atoms with van der Waals surface area (Å²) in [6, 6.07) is 7.54. The largest absolute Gasteiger partial charge is 0.325 e. The van der Waals surface area contributed by atoms with Crippen molar-refractivity contribution < 1.29 is 14.4 Å². The van der Waals surface area contributed by atoms with Gasteiger partial charge >= 0.3 is 6.03 Å². The van der Waals surface area contributed by atoms with Crippen LogP contribution in [0.4, 0.5) is 4.79 Å². The molecule has 1 saturated heterocycles. The average molecular weight is 424 g/mol. The minimum Gasteiger partial charge on any atom is -0.323 e. The molecule has 0 bridgehead atoms. The van der Waals surface area contributed by atoms with Crippen molar-refractivity contribution in [1.82, 2.24) is 14.8 Å². The molecule has 0 spiro atoms. The Hall–Kier alpha value is -2.89. The molecule has 3 rings (SSSR count). The fraction of sp³-hybridized carbons (Fsp3) is 0.480. The molecule has 166 valence electrons. The van der Waals surface area contributed by atoms with Gasteiger partial charge in [-0.2, -0.15) is 0 Å². The molecule has 2 heterocycles. The van der Waals surface area contributed by atoms with Gasteiger partial charge in [0, 0.05) is 22.6 Å². The molecular weight excluding hydrogens is 390 g/mol. The van der Waals surface area contributed by atoms with Gasteiger partial charge in [-0.15, -0.1) is 0 Å². The van der Waals surface area contributed by atoms with E-state index in [-0.39, 0.29) is 18.2 Å². The predicted molar refractivity (Wildman–Crippen MR) is 122 cm³/mol. The number of imide groups is 1. The predicted octanol–water partition coefficient (Wildman–Crippen LogP) is 4.64. The molecule has 2 aromatic rings. The molecule has 0 unspecified atom stereocenters. The van der Waals surface area contributed by atoms with Gasteiger partial charge in [0.15, 0.2) is 5.78 Å². The number of urea groups is 1. The summed E-state index contributed by atoms with van der Waals surface area (Å²) in [5.74, 6) is -0.137. The lowest BCUT2D eigenvalue weighted by molar-refractivity contribution is -0.130. The molecule has 1 fully saturated rings. The Morgan fingerprint density at radius 3 is 2.35 bits per heavy atom. The number of carbonyl (C=O) groups excluding carboxylic acids is 3. The number of aryl methyl sites for hydroxylation is 3. The van der Waals surface area contributed by atoms with E-state index in [1.165, 1.54) is 11.1 Å². The van der Waals surface area contributed by atoms with E-state index in [1.54, 1.807) is 6.92 Å². The first-order valence-electron chi connectivity index (χ1n) is 10.9. The van der Waals surface area contributed by atoms with Crippen LogP contribution >= 0.6 is 0 Å². The normalized spacial score (nSPS) is 18.8. The van der Waals surface area contributed by atoms with Gasteiger partial charge in [0.1, 0.15) is 5.54 Å². The maximum absolute atomic E-state index is 13.1. The minimum absolute atomic E-state index is 0.236. The molecular formula is C25H33N3O3. The van der Waals surface area contributed by atoms with E-state index in [2.05, 4.69) is 45.1 Å². The summed E-state index contributed by atoms with van der Waals surface area (Å²) in [6.07, 6.45) is 1.38. The zero-order chi connectivity index (χ0) is 23.1. The highest BCUT2D eigenvalue weighted by atomic mass is 16.2. The fourth-order valence-corrected chi connectivity index (χ4v) is 4.17. The third-order valence-corrected chi connectivity index (χ3v) is 6.35. The lowest BCUT2D eigenvalue weighted by atomic mass is 9.92. The lowest BCUT2D eigenvalue weighted by Crippen LogP contribution is -2.44. The average Bonchev–Trinajstić information content (AvgIpc) is 3.10. The summed E-state index contributed by atoms with van der Waals surface area (Å²) in [4.78, 5) is 39.6. The third-order valence-electron chi connectivity index (χ3n) is 6.35. The number of hydrogen-bond acceptors (Lipinski definition) is 3. The van der Waals surface area contributed by atoms with Crippen molar-refractivity contribution in [3.63, 3.8) is 0 Å². The molecule has 3 amide bonds. The Balaban J connectivity index is 1.84. The third kappa shape index (κ3) is 4.29. The van der Waals surface area contributed by atoms with Crippen LogP contribution in [0.15, 0.2) is 24.3 Å². The van der Waals surface area contributed by atoms with Crippen LogP contribution in [0, 0.1) is 33.6 Å². The van der Waals surface area contributed by atoms with Gasteiger partial charge in [-0.05, 0) is 82.7 Å². The van der Waals surface area contributed by atoms with Crippen molar-refractivity contribution in [2.75, 3.05) is 6.54 Å². The highest BCUT2D eigenvalue weighted by Gasteiger charge is 2.48. The maximum Gasteiger partial charge on any atom is 0.325 e. The van der Waals surface area contributed by atoms with Crippen molar-refractivity contribution in [2.24, 2.45) is 5.92 Å². The standard InChI is InChI=1S/C25H33N3O3/c1-15(2)10-11-25(7)23(30)27(24(31)26-25)14-22(29)21-13-18(5)28(19(21)6)20-9-8-16(3)17(4)12-20/h8-9,12-13,15H,10-11,14H2,1-7H3,(H,26,31)/t25-/m1/s1. The highest BCUT2D eigenvalue weighted by Crippen LogP contribution is 2.27. The zero-order valence-electron chi connectivity index (χ0n) is 19.6. The summed E-state index contributed by atoms with van der Waals surface area (Å²) in [5, 5.41) is 2.79. The fourth-order valence-electron chi connectivity index (χ4n) is 4.17. The molecule has 1 aliphatic rings. The van der Waals surface area contributed by atoms with Crippen LogP contribution in [-0.4, -0.2) is 39.3 Å². The summed E-state index contributed by atoms with van der Waals surface area (Å²) >= 11 is 0. The van der Waals surface area contributed by atoms with Gasteiger partial charge in [-0.25, -0.2) is 4.79 Å². The summed E-state index contributed by atoms with van der Waals surface area (Å²) < 4.78 is 2.04. The minimum atomic E-state index is -0.946. The van der Waals surface area contributed by atoms with Gasteiger partial charge < -0.3 is 9.88 Å². The molecule has 1 aliphatic heterocycles. The molecule has 6 nitrogen and oxygen atoms in total. The zero-order valence-corrected chi connectivity index (χ0v) is 19.6. The van der Waals surface area contributed by atoms with E-state index < -0.39 is 11.6 Å². The van der Waals surface area contributed by atoms with E-state index in [0.717, 1.165) is 28.4 Å². The number of nitrogens with zero attached hydrogens (tertiary/aromatic N) is 2. The lowest BCUT2D eigenvalue weighted by Gasteiger charge is -2.22. The number of benzene rings is 1. The van der Waals surface area contributed by atoms with Crippen LogP contribution in [0.3, 0.4) is 0 Å². The Labute approximate surface area is 184 Å². The van der Waals surface area contributed by atoms with E-state index >= 15 is 0 Å².